The number of aromatic nitrogens is 1. The minimum Gasteiger partial charge on any atom is -0.381 e. The Balaban J connectivity index is 1.77. The van der Waals surface area contributed by atoms with E-state index in [4.69, 9.17) is 15.3 Å². The smallest absolute Gasteiger partial charge is 0.141 e. The minimum absolute atomic E-state index is 0.100. The number of nitrogens with zero attached hydrogens (tertiary/aromatic N) is 1. The molecule has 1 spiro atoms. The molecule has 1 aromatic heterocycles. The Kier molecular flexibility index (Phi) is 4.49. The van der Waals surface area contributed by atoms with Gasteiger partial charge in [0, 0.05) is 26.0 Å². The van der Waals surface area contributed by atoms with Crippen LogP contribution in [0.2, 0.25) is 0 Å². The molecule has 116 valence electrons. The Morgan fingerprint density at radius 2 is 2.14 bits per heavy atom. The number of pyridine rings is 1. The van der Waals surface area contributed by atoms with E-state index in [9.17, 15) is 4.39 Å². The lowest BCUT2D eigenvalue weighted by Crippen LogP contribution is -2.47. The summed E-state index contributed by atoms with van der Waals surface area (Å²) in [5.74, 6) is 5.72. The van der Waals surface area contributed by atoms with Gasteiger partial charge >= 0.3 is 0 Å². The van der Waals surface area contributed by atoms with Crippen LogP contribution in [0.4, 0.5) is 4.39 Å². The molecule has 3 N–H and O–H groups in total. The number of hydrogen-bond donors (Lipinski definition) is 2. The van der Waals surface area contributed by atoms with Crippen LogP contribution in [0.15, 0.2) is 18.5 Å². The first-order valence-electron chi connectivity index (χ1n) is 7.51. The largest absolute Gasteiger partial charge is 0.381 e. The van der Waals surface area contributed by atoms with Crippen LogP contribution in [0.3, 0.4) is 0 Å². The molecule has 2 aliphatic heterocycles. The Morgan fingerprint density at radius 3 is 2.86 bits per heavy atom. The maximum Gasteiger partial charge on any atom is 0.141 e. The average molecular weight is 295 g/mol. The molecule has 2 fully saturated rings. The lowest BCUT2D eigenvalue weighted by Gasteiger charge is -2.45. The number of rotatable bonds is 3. The summed E-state index contributed by atoms with van der Waals surface area (Å²) in [4.78, 5) is 3.93. The van der Waals surface area contributed by atoms with Crippen LogP contribution in [-0.2, 0) is 9.47 Å². The van der Waals surface area contributed by atoms with E-state index in [-0.39, 0.29) is 17.5 Å². The van der Waals surface area contributed by atoms with Gasteiger partial charge in [-0.2, -0.15) is 0 Å². The monoisotopic (exact) mass is 295 g/mol. The zero-order chi connectivity index (χ0) is 14.7. The van der Waals surface area contributed by atoms with Gasteiger partial charge in [-0.3, -0.25) is 16.3 Å². The Bertz CT molecular complexity index is 474. The van der Waals surface area contributed by atoms with Crippen LogP contribution in [0.5, 0.6) is 0 Å². The predicted octanol–water partition coefficient (Wildman–Crippen LogP) is 1.70. The number of hydrogen-bond acceptors (Lipinski definition) is 5. The summed E-state index contributed by atoms with van der Waals surface area (Å²) in [5.41, 5.74) is 3.54. The number of nitrogens with two attached hydrogens (primary N) is 1. The van der Waals surface area contributed by atoms with Crippen molar-refractivity contribution >= 4 is 0 Å². The maximum atomic E-state index is 13.4. The van der Waals surface area contributed by atoms with Crippen molar-refractivity contribution in [3.8, 4) is 0 Å². The molecule has 3 rings (SSSR count). The van der Waals surface area contributed by atoms with Crippen molar-refractivity contribution in [2.45, 2.75) is 37.3 Å². The van der Waals surface area contributed by atoms with Gasteiger partial charge in [0.05, 0.1) is 17.8 Å². The van der Waals surface area contributed by atoms with Gasteiger partial charge in [0.1, 0.15) is 5.82 Å². The predicted molar refractivity (Wildman–Crippen MR) is 75.7 cm³/mol. The van der Waals surface area contributed by atoms with E-state index < -0.39 is 0 Å². The first-order valence-corrected chi connectivity index (χ1v) is 7.51. The van der Waals surface area contributed by atoms with Crippen LogP contribution in [0, 0.1) is 11.7 Å². The lowest BCUT2D eigenvalue weighted by atomic mass is 9.76. The van der Waals surface area contributed by atoms with E-state index in [1.165, 1.54) is 12.3 Å². The van der Waals surface area contributed by atoms with Crippen molar-refractivity contribution < 1.29 is 13.9 Å². The molecule has 2 aliphatic rings. The molecule has 0 saturated carbocycles. The summed E-state index contributed by atoms with van der Waals surface area (Å²) in [6, 6.07) is 1.40. The van der Waals surface area contributed by atoms with E-state index >= 15 is 0 Å². The average Bonchev–Trinajstić information content (AvgIpc) is 2.49. The second-order valence-corrected chi connectivity index (χ2v) is 5.98. The highest BCUT2D eigenvalue weighted by molar-refractivity contribution is 5.16. The molecule has 0 aromatic carbocycles. The van der Waals surface area contributed by atoms with Crippen molar-refractivity contribution in [3.05, 3.63) is 29.8 Å². The highest BCUT2D eigenvalue weighted by Crippen LogP contribution is 2.41. The zero-order valence-corrected chi connectivity index (χ0v) is 12.1. The molecule has 6 heteroatoms. The van der Waals surface area contributed by atoms with Crippen molar-refractivity contribution in [3.63, 3.8) is 0 Å². The molecule has 3 heterocycles. The quantitative estimate of drug-likeness (QED) is 0.656. The van der Waals surface area contributed by atoms with Gasteiger partial charge in [-0.15, -0.1) is 0 Å². The molecule has 0 radical (unpaired) electrons. The lowest BCUT2D eigenvalue weighted by molar-refractivity contribution is -0.150. The summed E-state index contributed by atoms with van der Waals surface area (Å²) in [5, 5.41) is 0. The van der Waals surface area contributed by atoms with Gasteiger partial charge in [-0.25, -0.2) is 4.39 Å². The Morgan fingerprint density at radius 1 is 1.33 bits per heavy atom. The van der Waals surface area contributed by atoms with Crippen LogP contribution < -0.4 is 11.3 Å². The highest BCUT2D eigenvalue weighted by atomic mass is 19.1. The summed E-state index contributed by atoms with van der Waals surface area (Å²) < 4.78 is 24.9. The third-order valence-electron chi connectivity index (χ3n) is 4.67. The second-order valence-electron chi connectivity index (χ2n) is 5.98. The van der Waals surface area contributed by atoms with Crippen LogP contribution in [0.25, 0.3) is 0 Å². The van der Waals surface area contributed by atoms with Crippen molar-refractivity contribution in [1.29, 1.82) is 0 Å². The summed E-state index contributed by atoms with van der Waals surface area (Å²) in [6.45, 7) is 2.20. The molecular formula is C15H22FN3O2. The first-order chi connectivity index (χ1) is 10.2. The fourth-order valence-corrected chi connectivity index (χ4v) is 3.54. The van der Waals surface area contributed by atoms with Crippen LogP contribution in [0.1, 0.15) is 37.3 Å². The zero-order valence-electron chi connectivity index (χ0n) is 12.1. The fraction of sp³-hybridized carbons (Fsp3) is 0.667. The van der Waals surface area contributed by atoms with Crippen LogP contribution >= 0.6 is 0 Å². The molecule has 2 atom stereocenters. The normalized spacial score (nSPS) is 26.7. The topological polar surface area (TPSA) is 69.4 Å². The molecule has 5 nitrogen and oxygen atoms in total. The van der Waals surface area contributed by atoms with E-state index in [0.29, 0.717) is 12.5 Å². The van der Waals surface area contributed by atoms with Gasteiger partial charge in [0.15, 0.2) is 0 Å². The SMILES string of the molecule is NNC(c1cncc(F)c1)C1CCOC2(CCOCC2)C1. The van der Waals surface area contributed by atoms with Crippen molar-refractivity contribution in [2.24, 2.45) is 11.8 Å². The summed E-state index contributed by atoms with van der Waals surface area (Å²) >= 11 is 0. The van der Waals surface area contributed by atoms with Gasteiger partial charge < -0.3 is 9.47 Å². The third kappa shape index (κ3) is 3.23. The highest BCUT2D eigenvalue weighted by Gasteiger charge is 2.41. The molecule has 0 bridgehead atoms. The Labute approximate surface area is 124 Å². The third-order valence-corrected chi connectivity index (χ3v) is 4.67. The van der Waals surface area contributed by atoms with Crippen molar-refractivity contribution in [2.75, 3.05) is 19.8 Å². The second kappa shape index (κ2) is 6.36. The molecule has 0 aliphatic carbocycles. The molecular weight excluding hydrogens is 273 g/mol. The first kappa shape index (κ1) is 14.8. The van der Waals surface area contributed by atoms with E-state index in [2.05, 4.69) is 10.4 Å². The number of ether oxygens (including phenoxy) is 2. The van der Waals surface area contributed by atoms with E-state index in [1.807, 2.05) is 0 Å². The molecule has 0 amide bonds. The standard InChI is InChI=1S/C15H22FN3O2/c16-13-7-12(9-18-10-13)14(19-17)11-1-4-21-15(8-11)2-5-20-6-3-15/h7,9-11,14,19H,1-6,8,17H2. The van der Waals surface area contributed by atoms with Gasteiger partial charge in [-0.05, 0) is 43.2 Å². The maximum absolute atomic E-state index is 13.4. The van der Waals surface area contributed by atoms with Gasteiger partial charge in [-0.1, -0.05) is 0 Å². The number of halogens is 1. The number of hydrazine groups is 1. The van der Waals surface area contributed by atoms with Gasteiger partial charge in [0.2, 0.25) is 0 Å². The van der Waals surface area contributed by atoms with Crippen LogP contribution in [-0.4, -0.2) is 30.4 Å². The molecule has 1 aromatic rings. The summed E-state index contributed by atoms with van der Waals surface area (Å²) in [7, 11) is 0. The van der Waals surface area contributed by atoms with Gasteiger partial charge in [0.25, 0.3) is 0 Å². The minimum atomic E-state index is -0.333. The Hall–Kier alpha value is -1.08. The van der Waals surface area contributed by atoms with E-state index in [1.54, 1.807) is 6.20 Å². The molecule has 2 unspecified atom stereocenters. The molecule has 2 saturated heterocycles. The van der Waals surface area contributed by atoms with E-state index in [0.717, 1.165) is 44.5 Å². The number of nitrogens with one attached hydrogen (secondary N) is 1. The van der Waals surface area contributed by atoms with Crippen molar-refractivity contribution in [1.82, 2.24) is 10.4 Å². The molecule has 21 heavy (non-hydrogen) atoms. The summed E-state index contributed by atoms with van der Waals surface area (Å²) in [6.07, 6.45) is 6.56. The fourth-order valence-electron chi connectivity index (χ4n) is 3.54.